The Balaban J connectivity index is 1.38. The molecule has 1 N–H and O–H groups in total. The maximum atomic E-state index is 12.9. The van der Waals surface area contributed by atoms with Crippen LogP contribution in [0.5, 0.6) is 0 Å². The van der Waals surface area contributed by atoms with Crippen molar-refractivity contribution in [1.29, 1.82) is 0 Å². The molecule has 0 bridgehead atoms. The van der Waals surface area contributed by atoms with Gasteiger partial charge in [-0.15, -0.1) is 0 Å². The Hall–Kier alpha value is -2.26. The van der Waals surface area contributed by atoms with Gasteiger partial charge in [0.15, 0.2) is 0 Å². The molecule has 0 aliphatic carbocycles. The van der Waals surface area contributed by atoms with Gasteiger partial charge in [-0.05, 0) is 42.7 Å². The van der Waals surface area contributed by atoms with Gasteiger partial charge in [0, 0.05) is 44.8 Å². The summed E-state index contributed by atoms with van der Waals surface area (Å²) in [7, 11) is -3.66. The Labute approximate surface area is 184 Å². The van der Waals surface area contributed by atoms with Crippen LogP contribution in [0, 0.1) is 0 Å². The first-order valence-electron chi connectivity index (χ1n) is 10.6. The second kappa shape index (κ2) is 9.08. The van der Waals surface area contributed by atoms with E-state index in [1.165, 1.54) is 12.5 Å². The fraction of sp³-hybridized carbons (Fsp3) is 0.435. The summed E-state index contributed by atoms with van der Waals surface area (Å²) >= 11 is 0. The van der Waals surface area contributed by atoms with E-state index < -0.39 is 10.0 Å². The highest BCUT2D eigenvalue weighted by molar-refractivity contribution is 7.89. The van der Waals surface area contributed by atoms with Gasteiger partial charge in [-0.25, -0.2) is 13.1 Å². The quantitative estimate of drug-likeness (QED) is 0.740. The smallest absolute Gasteiger partial charge is 0.240 e. The third kappa shape index (κ3) is 4.98. The van der Waals surface area contributed by atoms with Gasteiger partial charge in [-0.1, -0.05) is 30.3 Å². The average Bonchev–Trinajstić information content (AvgIpc) is 3.08. The average molecular weight is 444 g/mol. The Bertz CT molecular complexity index is 1040. The molecule has 2 unspecified atom stereocenters. The van der Waals surface area contributed by atoms with Gasteiger partial charge in [0.25, 0.3) is 0 Å². The molecule has 0 aromatic heterocycles. The molecular weight excluding hydrogens is 414 g/mol. The zero-order valence-electron chi connectivity index (χ0n) is 18.0. The molecule has 8 heteroatoms. The maximum absolute atomic E-state index is 12.9. The summed E-state index contributed by atoms with van der Waals surface area (Å²) in [4.78, 5) is 16.1. The third-order valence-electron chi connectivity index (χ3n) is 5.89. The monoisotopic (exact) mass is 443 g/mol. The Morgan fingerprint density at radius 1 is 1.19 bits per heavy atom. The standard InChI is InChI=1S/C23H29N3O4S/c1-17-12-20-13-22(8-9-23(20)26(17)18(2)27)31(28,29)24-14-21-16-25(10-11-30-21)15-19-6-4-3-5-7-19/h3-9,13,17,21,24H,10-12,14-16H2,1-2H3. The van der Waals surface area contributed by atoms with Gasteiger partial charge in [0.2, 0.25) is 15.9 Å². The summed E-state index contributed by atoms with van der Waals surface area (Å²) in [6.45, 7) is 6.62. The summed E-state index contributed by atoms with van der Waals surface area (Å²) in [5, 5.41) is 0. The van der Waals surface area contributed by atoms with Gasteiger partial charge in [0.1, 0.15) is 0 Å². The van der Waals surface area contributed by atoms with Crippen LogP contribution in [-0.4, -0.2) is 57.6 Å². The van der Waals surface area contributed by atoms with Crippen LogP contribution >= 0.6 is 0 Å². The Morgan fingerprint density at radius 2 is 1.97 bits per heavy atom. The van der Waals surface area contributed by atoms with E-state index in [4.69, 9.17) is 4.74 Å². The van der Waals surface area contributed by atoms with Gasteiger partial charge < -0.3 is 9.64 Å². The summed E-state index contributed by atoms with van der Waals surface area (Å²) in [5.74, 6) is -0.0329. The molecule has 7 nitrogen and oxygen atoms in total. The topological polar surface area (TPSA) is 79.0 Å². The van der Waals surface area contributed by atoms with E-state index in [9.17, 15) is 13.2 Å². The van der Waals surface area contributed by atoms with E-state index in [0.717, 1.165) is 24.3 Å². The lowest BCUT2D eigenvalue weighted by Gasteiger charge is -2.33. The maximum Gasteiger partial charge on any atom is 0.240 e. The highest BCUT2D eigenvalue weighted by Gasteiger charge is 2.30. The number of morpholine rings is 1. The van der Waals surface area contributed by atoms with Crippen molar-refractivity contribution in [3.05, 3.63) is 59.7 Å². The van der Waals surface area contributed by atoms with E-state index >= 15 is 0 Å². The molecule has 2 heterocycles. The summed E-state index contributed by atoms with van der Waals surface area (Å²) in [6, 6.07) is 15.2. The van der Waals surface area contributed by atoms with Crippen LogP contribution in [0.2, 0.25) is 0 Å². The molecule has 1 amide bonds. The molecular formula is C23H29N3O4S. The second-order valence-corrected chi connectivity index (χ2v) is 10.1. The number of nitrogens with one attached hydrogen (secondary N) is 1. The normalized spacial score (nSPS) is 21.8. The molecule has 166 valence electrons. The van der Waals surface area contributed by atoms with Crippen LogP contribution in [0.3, 0.4) is 0 Å². The molecule has 0 radical (unpaired) electrons. The predicted octanol–water partition coefficient (Wildman–Crippen LogP) is 2.16. The number of fused-ring (bicyclic) bond motifs is 1. The fourth-order valence-corrected chi connectivity index (χ4v) is 5.55. The number of carbonyl (C=O) groups excluding carboxylic acids is 1. The first-order valence-corrected chi connectivity index (χ1v) is 12.1. The Morgan fingerprint density at radius 3 is 2.71 bits per heavy atom. The summed E-state index contributed by atoms with van der Waals surface area (Å²) in [5.41, 5.74) is 2.91. The number of ether oxygens (including phenoxy) is 1. The van der Waals surface area contributed by atoms with E-state index in [1.54, 1.807) is 23.1 Å². The fourth-order valence-electron chi connectivity index (χ4n) is 4.43. The lowest BCUT2D eigenvalue weighted by atomic mass is 10.1. The van der Waals surface area contributed by atoms with Crippen molar-refractivity contribution in [1.82, 2.24) is 9.62 Å². The molecule has 2 aliphatic heterocycles. The largest absolute Gasteiger partial charge is 0.374 e. The molecule has 0 spiro atoms. The van der Waals surface area contributed by atoms with Crippen LogP contribution < -0.4 is 9.62 Å². The zero-order chi connectivity index (χ0) is 22.0. The van der Waals surface area contributed by atoms with Gasteiger partial charge in [-0.2, -0.15) is 0 Å². The first kappa shape index (κ1) is 22.0. The molecule has 31 heavy (non-hydrogen) atoms. The number of hydrogen-bond acceptors (Lipinski definition) is 5. The van der Waals surface area contributed by atoms with Crippen LogP contribution in [-0.2, 0) is 32.5 Å². The number of sulfonamides is 1. The lowest BCUT2D eigenvalue weighted by Crippen LogP contribution is -2.47. The van der Waals surface area contributed by atoms with E-state index in [0.29, 0.717) is 19.6 Å². The zero-order valence-corrected chi connectivity index (χ0v) is 18.8. The van der Waals surface area contributed by atoms with Crippen molar-refractivity contribution in [2.24, 2.45) is 0 Å². The molecule has 2 aliphatic rings. The van der Waals surface area contributed by atoms with Crippen molar-refractivity contribution >= 4 is 21.6 Å². The molecule has 4 rings (SSSR count). The van der Waals surface area contributed by atoms with E-state index in [-0.39, 0.29) is 29.5 Å². The minimum atomic E-state index is -3.66. The van der Waals surface area contributed by atoms with Crippen molar-refractivity contribution in [2.45, 2.75) is 43.9 Å². The minimum Gasteiger partial charge on any atom is -0.374 e. The summed E-state index contributed by atoms with van der Waals surface area (Å²) in [6.07, 6.45) is 0.452. The first-order chi connectivity index (χ1) is 14.8. The van der Waals surface area contributed by atoms with Crippen LogP contribution in [0.4, 0.5) is 5.69 Å². The SMILES string of the molecule is CC(=O)N1c2ccc(S(=O)(=O)NCC3CN(Cc4ccccc4)CCO3)cc2CC1C. The molecule has 0 saturated carbocycles. The molecule has 1 fully saturated rings. The van der Waals surface area contributed by atoms with Gasteiger partial charge in [-0.3, -0.25) is 9.69 Å². The van der Waals surface area contributed by atoms with Crippen molar-refractivity contribution in [3.8, 4) is 0 Å². The van der Waals surface area contributed by atoms with Gasteiger partial charge >= 0.3 is 0 Å². The van der Waals surface area contributed by atoms with Crippen LogP contribution in [0.15, 0.2) is 53.4 Å². The van der Waals surface area contributed by atoms with Crippen molar-refractivity contribution < 1.29 is 17.9 Å². The van der Waals surface area contributed by atoms with Crippen molar-refractivity contribution in [2.75, 3.05) is 31.1 Å². The highest BCUT2D eigenvalue weighted by atomic mass is 32.2. The third-order valence-corrected chi connectivity index (χ3v) is 7.31. The minimum absolute atomic E-state index is 0.0321. The second-order valence-electron chi connectivity index (χ2n) is 8.30. The number of rotatable bonds is 6. The summed E-state index contributed by atoms with van der Waals surface area (Å²) < 4.78 is 34.3. The Kier molecular flexibility index (Phi) is 6.43. The lowest BCUT2D eigenvalue weighted by molar-refractivity contribution is -0.116. The molecule has 2 atom stereocenters. The highest BCUT2D eigenvalue weighted by Crippen LogP contribution is 2.33. The van der Waals surface area contributed by atoms with Gasteiger partial charge in [0.05, 0.1) is 17.6 Å². The predicted molar refractivity (Wildman–Crippen MR) is 119 cm³/mol. The molecule has 1 saturated heterocycles. The van der Waals surface area contributed by atoms with Crippen LogP contribution in [0.1, 0.15) is 25.0 Å². The number of anilines is 1. The van der Waals surface area contributed by atoms with E-state index in [1.807, 2.05) is 25.1 Å². The number of nitrogens with zero attached hydrogens (tertiary/aromatic N) is 2. The van der Waals surface area contributed by atoms with Crippen molar-refractivity contribution in [3.63, 3.8) is 0 Å². The number of amides is 1. The van der Waals surface area contributed by atoms with E-state index in [2.05, 4.69) is 21.8 Å². The van der Waals surface area contributed by atoms with Crippen LogP contribution in [0.25, 0.3) is 0 Å². The number of benzene rings is 2. The number of hydrogen-bond donors (Lipinski definition) is 1. The number of carbonyl (C=O) groups is 1. The molecule has 2 aromatic carbocycles. The molecule has 2 aromatic rings.